The molecule has 0 saturated carbocycles. The first kappa shape index (κ1) is 16.3. The van der Waals surface area contributed by atoms with Crippen molar-refractivity contribution in [1.29, 1.82) is 0 Å². The Kier molecular flexibility index (Phi) is 4.95. The van der Waals surface area contributed by atoms with Crippen LogP contribution in [0.3, 0.4) is 0 Å². The van der Waals surface area contributed by atoms with Crippen LogP contribution < -0.4 is 4.74 Å². The SMILES string of the molecule is CCc1ccc(C(C)c2ccc(-c3ccc(OC)cc3)cc2)nc1. The maximum Gasteiger partial charge on any atom is 0.118 e. The van der Waals surface area contributed by atoms with Gasteiger partial charge in [-0.05, 0) is 46.9 Å². The minimum absolute atomic E-state index is 0.292. The minimum atomic E-state index is 0.292. The van der Waals surface area contributed by atoms with Crippen molar-refractivity contribution in [3.8, 4) is 16.9 Å². The highest BCUT2D eigenvalue weighted by Gasteiger charge is 2.10. The van der Waals surface area contributed by atoms with Crippen molar-refractivity contribution < 1.29 is 4.74 Å². The predicted molar refractivity (Wildman–Crippen MR) is 99.6 cm³/mol. The van der Waals surface area contributed by atoms with Crippen molar-refractivity contribution in [2.45, 2.75) is 26.2 Å². The lowest BCUT2D eigenvalue weighted by atomic mass is 9.94. The Labute approximate surface area is 144 Å². The van der Waals surface area contributed by atoms with E-state index in [4.69, 9.17) is 4.74 Å². The molecule has 0 radical (unpaired) electrons. The Morgan fingerprint density at radius 2 is 1.50 bits per heavy atom. The van der Waals surface area contributed by atoms with Gasteiger partial charge in [0.2, 0.25) is 0 Å². The fourth-order valence-corrected chi connectivity index (χ4v) is 2.82. The summed E-state index contributed by atoms with van der Waals surface area (Å²) in [5.41, 5.74) is 6.08. The van der Waals surface area contributed by atoms with Gasteiger partial charge >= 0.3 is 0 Å². The van der Waals surface area contributed by atoms with Gasteiger partial charge in [-0.2, -0.15) is 0 Å². The molecule has 3 aromatic rings. The molecule has 2 heteroatoms. The van der Waals surface area contributed by atoms with Crippen LogP contribution in [0.2, 0.25) is 0 Å². The molecule has 3 rings (SSSR count). The van der Waals surface area contributed by atoms with Crippen molar-refractivity contribution in [1.82, 2.24) is 4.98 Å². The molecule has 0 bridgehead atoms. The van der Waals surface area contributed by atoms with Crippen LogP contribution in [-0.2, 0) is 6.42 Å². The fourth-order valence-electron chi connectivity index (χ4n) is 2.82. The number of methoxy groups -OCH3 is 1. The first-order valence-corrected chi connectivity index (χ1v) is 8.40. The maximum absolute atomic E-state index is 5.21. The molecule has 0 N–H and O–H groups in total. The molecule has 0 saturated heterocycles. The topological polar surface area (TPSA) is 22.1 Å². The number of pyridine rings is 1. The van der Waals surface area contributed by atoms with Gasteiger partial charge in [-0.15, -0.1) is 0 Å². The Hall–Kier alpha value is -2.61. The number of aryl methyl sites for hydroxylation is 1. The Balaban J connectivity index is 1.79. The molecule has 1 heterocycles. The van der Waals surface area contributed by atoms with Gasteiger partial charge < -0.3 is 4.74 Å². The lowest BCUT2D eigenvalue weighted by Gasteiger charge is -2.13. The number of ether oxygens (including phenoxy) is 1. The monoisotopic (exact) mass is 317 g/mol. The highest BCUT2D eigenvalue weighted by Crippen LogP contribution is 2.27. The van der Waals surface area contributed by atoms with E-state index in [1.807, 2.05) is 18.3 Å². The van der Waals surface area contributed by atoms with Crippen LogP contribution in [0, 0.1) is 0 Å². The van der Waals surface area contributed by atoms with E-state index in [1.54, 1.807) is 7.11 Å². The number of hydrogen-bond acceptors (Lipinski definition) is 2. The molecule has 2 aromatic carbocycles. The van der Waals surface area contributed by atoms with Crippen LogP contribution in [0.1, 0.15) is 36.6 Å². The number of aromatic nitrogens is 1. The van der Waals surface area contributed by atoms with Crippen LogP contribution in [0.4, 0.5) is 0 Å². The van der Waals surface area contributed by atoms with Gasteiger partial charge in [0, 0.05) is 17.8 Å². The van der Waals surface area contributed by atoms with Gasteiger partial charge in [-0.1, -0.05) is 56.3 Å². The molecule has 1 atom stereocenters. The Morgan fingerprint density at radius 1 is 0.875 bits per heavy atom. The van der Waals surface area contributed by atoms with Crippen LogP contribution in [0.15, 0.2) is 66.9 Å². The molecular weight excluding hydrogens is 294 g/mol. The first-order valence-electron chi connectivity index (χ1n) is 8.40. The normalized spacial score (nSPS) is 12.0. The predicted octanol–water partition coefficient (Wildman–Crippen LogP) is 5.47. The van der Waals surface area contributed by atoms with Crippen LogP contribution in [0.25, 0.3) is 11.1 Å². The molecule has 0 amide bonds. The lowest BCUT2D eigenvalue weighted by molar-refractivity contribution is 0.415. The zero-order valence-corrected chi connectivity index (χ0v) is 14.5. The van der Waals surface area contributed by atoms with Crippen LogP contribution >= 0.6 is 0 Å². The maximum atomic E-state index is 5.21. The highest BCUT2D eigenvalue weighted by molar-refractivity contribution is 5.64. The van der Waals surface area contributed by atoms with Crippen molar-refractivity contribution in [3.05, 3.63) is 83.7 Å². The van der Waals surface area contributed by atoms with E-state index in [9.17, 15) is 0 Å². The van der Waals surface area contributed by atoms with E-state index in [2.05, 4.69) is 67.4 Å². The van der Waals surface area contributed by atoms with Crippen molar-refractivity contribution in [2.75, 3.05) is 7.11 Å². The summed E-state index contributed by atoms with van der Waals surface area (Å²) in [5.74, 6) is 1.17. The average Bonchev–Trinajstić information content (AvgIpc) is 2.68. The van der Waals surface area contributed by atoms with E-state index >= 15 is 0 Å². The summed E-state index contributed by atoms with van der Waals surface area (Å²) in [6, 6.07) is 21.2. The molecule has 24 heavy (non-hydrogen) atoms. The van der Waals surface area contributed by atoms with Gasteiger partial charge in [0.25, 0.3) is 0 Å². The largest absolute Gasteiger partial charge is 0.497 e. The van der Waals surface area contributed by atoms with Crippen LogP contribution in [-0.4, -0.2) is 12.1 Å². The van der Waals surface area contributed by atoms with Gasteiger partial charge in [-0.25, -0.2) is 0 Å². The summed E-state index contributed by atoms with van der Waals surface area (Å²) in [6.45, 7) is 4.36. The number of nitrogens with zero attached hydrogens (tertiary/aromatic N) is 1. The number of rotatable bonds is 5. The zero-order valence-electron chi connectivity index (χ0n) is 14.5. The second-order valence-corrected chi connectivity index (χ2v) is 6.02. The number of hydrogen-bond donors (Lipinski definition) is 0. The summed E-state index contributed by atoms with van der Waals surface area (Å²) in [5, 5.41) is 0. The van der Waals surface area contributed by atoms with E-state index in [0.29, 0.717) is 5.92 Å². The standard InChI is InChI=1S/C22H23NO/c1-4-17-5-14-22(23-15-17)16(2)18-6-8-19(9-7-18)20-10-12-21(24-3)13-11-20/h5-16H,4H2,1-3H3. The smallest absolute Gasteiger partial charge is 0.118 e. The molecule has 0 aliphatic rings. The molecule has 0 fully saturated rings. The lowest BCUT2D eigenvalue weighted by Crippen LogP contribution is -1.99. The zero-order chi connectivity index (χ0) is 16.9. The molecule has 1 unspecified atom stereocenters. The van der Waals surface area contributed by atoms with Crippen molar-refractivity contribution in [2.24, 2.45) is 0 Å². The number of benzene rings is 2. The average molecular weight is 317 g/mol. The van der Waals surface area contributed by atoms with Gasteiger partial charge in [0.15, 0.2) is 0 Å². The third kappa shape index (κ3) is 3.48. The third-order valence-corrected chi connectivity index (χ3v) is 4.53. The van der Waals surface area contributed by atoms with Gasteiger partial charge in [0.1, 0.15) is 5.75 Å². The van der Waals surface area contributed by atoms with Crippen LogP contribution in [0.5, 0.6) is 5.75 Å². The summed E-state index contributed by atoms with van der Waals surface area (Å²) in [6.07, 6.45) is 3.01. The van der Waals surface area contributed by atoms with E-state index in [0.717, 1.165) is 17.9 Å². The molecule has 1 aromatic heterocycles. The van der Waals surface area contributed by atoms with Gasteiger partial charge in [-0.3, -0.25) is 4.98 Å². The molecule has 2 nitrogen and oxygen atoms in total. The van der Waals surface area contributed by atoms with E-state index in [1.165, 1.54) is 22.3 Å². The first-order chi connectivity index (χ1) is 11.7. The minimum Gasteiger partial charge on any atom is -0.497 e. The molecule has 0 aliphatic heterocycles. The summed E-state index contributed by atoms with van der Waals surface area (Å²) >= 11 is 0. The van der Waals surface area contributed by atoms with Gasteiger partial charge in [0.05, 0.1) is 7.11 Å². The Morgan fingerprint density at radius 3 is 2.00 bits per heavy atom. The van der Waals surface area contributed by atoms with E-state index < -0.39 is 0 Å². The third-order valence-electron chi connectivity index (χ3n) is 4.53. The Bertz CT molecular complexity index is 774. The molecule has 0 spiro atoms. The van der Waals surface area contributed by atoms with Crippen molar-refractivity contribution in [3.63, 3.8) is 0 Å². The van der Waals surface area contributed by atoms with Crippen molar-refractivity contribution >= 4 is 0 Å². The second-order valence-electron chi connectivity index (χ2n) is 6.02. The molecular formula is C22H23NO. The second kappa shape index (κ2) is 7.31. The quantitative estimate of drug-likeness (QED) is 0.622. The summed E-state index contributed by atoms with van der Waals surface area (Å²) < 4.78 is 5.21. The summed E-state index contributed by atoms with van der Waals surface area (Å²) in [7, 11) is 1.69. The highest BCUT2D eigenvalue weighted by atomic mass is 16.5. The van der Waals surface area contributed by atoms with E-state index in [-0.39, 0.29) is 0 Å². The molecule has 122 valence electrons. The molecule has 0 aliphatic carbocycles. The fraction of sp³-hybridized carbons (Fsp3) is 0.227. The summed E-state index contributed by atoms with van der Waals surface area (Å²) in [4.78, 5) is 4.61.